The predicted molar refractivity (Wildman–Crippen MR) is 108 cm³/mol. The van der Waals surface area contributed by atoms with Crippen LogP contribution in [-0.4, -0.2) is 40.2 Å². The third-order valence-corrected chi connectivity index (χ3v) is 5.85. The Morgan fingerprint density at radius 1 is 1.26 bits per heavy atom. The van der Waals surface area contributed by atoms with Gasteiger partial charge in [0.1, 0.15) is 0 Å². The fraction of sp³-hybridized carbons (Fsp3) is 0.333. The lowest BCUT2D eigenvalue weighted by molar-refractivity contribution is 0.0934. The molecule has 27 heavy (non-hydrogen) atoms. The lowest BCUT2D eigenvalue weighted by atomic mass is 9.97. The molecule has 1 amide bonds. The molecule has 4 rings (SSSR count). The van der Waals surface area contributed by atoms with Crippen molar-refractivity contribution in [3.8, 4) is 5.69 Å². The minimum Gasteiger partial charge on any atom is -0.351 e. The monoisotopic (exact) mass is 380 g/mol. The number of aromatic nitrogens is 2. The Morgan fingerprint density at radius 2 is 2.22 bits per heavy atom. The molecule has 0 aliphatic carbocycles. The van der Waals surface area contributed by atoms with Gasteiger partial charge in [-0.3, -0.25) is 9.69 Å². The molecule has 0 radical (unpaired) electrons. The number of hydrogen-bond acceptors (Lipinski definition) is 4. The molecule has 5 nitrogen and oxygen atoms in total. The Hall–Kier alpha value is -2.44. The number of likely N-dealkylation sites (tertiary alicyclic amines) is 1. The molecule has 1 aromatic carbocycles. The zero-order valence-electron chi connectivity index (χ0n) is 15.3. The molecule has 1 aliphatic rings. The smallest absolute Gasteiger partial charge is 0.261 e. The number of nitrogens with one attached hydrogen (secondary N) is 1. The highest BCUT2D eigenvalue weighted by Gasteiger charge is 2.21. The first-order valence-corrected chi connectivity index (χ1v) is 10.3. The highest BCUT2D eigenvalue weighted by Crippen LogP contribution is 2.19. The summed E-state index contributed by atoms with van der Waals surface area (Å²) < 4.78 is 1.89. The maximum absolute atomic E-state index is 12.1. The lowest BCUT2D eigenvalue weighted by Gasteiger charge is -2.32. The second-order valence-electron chi connectivity index (χ2n) is 7.05. The number of nitrogens with zero attached hydrogens (tertiary/aromatic N) is 3. The van der Waals surface area contributed by atoms with E-state index < -0.39 is 0 Å². The first-order valence-electron chi connectivity index (χ1n) is 9.41. The molecule has 2 aromatic heterocycles. The second-order valence-corrected chi connectivity index (χ2v) is 8.00. The third kappa shape index (κ3) is 4.64. The molecule has 0 saturated carbocycles. The topological polar surface area (TPSA) is 50.2 Å². The molecule has 0 bridgehead atoms. The number of piperidine rings is 1. The van der Waals surface area contributed by atoms with Crippen LogP contribution in [0.4, 0.5) is 0 Å². The Morgan fingerprint density at radius 3 is 3.04 bits per heavy atom. The molecule has 140 valence electrons. The fourth-order valence-corrected chi connectivity index (χ4v) is 4.31. The van der Waals surface area contributed by atoms with Crippen LogP contribution in [0.5, 0.6) is 0 Å². The van der Waals surface area contributed by atoms with Crippen LogP contribution in [0, 0.1) is 5.92 Å². The summed E-state index contributed by atoms with van der Waals surface area (Å²) in [5.41, 5.74) is 2.39. The molecule has 1 atom stereocenters. The zero-order chi connectivity index (χ0) is 18.5. The molecule has 3 heterocycles. The van der Waals surface area contributed by atoms with Crippen LogP contribution in [0.1, 0.15) is 28.1 Å². The van der Waals surface area contributed by atoms with Gasteiger partial charge < -0.3 is 5.32 Å². The first-order chi connectivity index (χ1) is 13.3. The normalized spacial score (nSPS) is 17.7. The summed E-state index contributed by atoms with van der Waals surface area (Å²) in [7, 11) is 0. The van der Waals surface area contributed by atoms with E-state index in [4.69, 9.17) is 0 Å². The first kappa shape index (κ1) is 17.9. The van der Waals surface area contributed by atoms with Crippen LogP contribution in [0.15, 0.2) is 60.2 Å². The maximum atomic E-state index is 12.1. The fourth-order valence-electron chi connectivity index (χ4n) is 3.67. The van der Waals surface area contributed by atoms with Gasteiger partial charge in [0.05, 0.1) is 10.6 Å². The second kappa shape index (κ2) is 8.50. The molecule has 3 aromatic rings. The number of hydrogen-bond donors (Lipinski definition) is 1. The van der Waals surface area contributed by atoms with E-state index in [1.54, 1.807) is 6.20 Å². The minimum absolute atomic E-state index is 0.0500. The summed E-state index contributed by atoms with van der Waals surface area (Å²) in [6.07, 6.45) is 6.12. The van der Waals surface area contributed by atoms with Crippen LogP contribution < -0.4 is 5.32 Å². The van der Waals surface area contributed by atoms with Crippen LogP contribution in [0.2, 0.25) is 0 Å². The van der Waals surface area contributed by atoms with Crippen molar-refractivity contribution in [2.45, 2.75) is 19.4 Å². The lowest BCUT2D eigenvalue weighted by Crippen LogP contribution is -2.40. The highest BCUT2D eigenvalue weighted by atomic mass is 32.1. The Bertz CT molecular complexity index is 860. The molecule has 1 aliphatic heterocycles. The van der Waals surface area contributed by atoms with Crippen molar-refractivity contribution in [2.24, 2.45) is 5.92 Å². The van der Waals surface area contributed by atoms with Gasteiger partial charge in [-0.05, 0) is 60.5 Å². The standard InChI is InChI=1S/C21H24N4OS/c26-21(20-8-3-12-27-20)22-14-18-6-2-10-24(16-18)15-17-5-1-7-19(13-17)25-11-4-9-23-25/h1,3-5,7-9,11-13,18H,2,6,10,14-16H2,(H,22,26)/t18-/m0/s1. The van der Waals surface area contributed by atoms with Crippen molar-refractivity contribution >= 4 is 17.2 Å². The van der Waals surface area contributed by atoms with E-state index >= 15 is 0 Å². The van der Waals surface area contributed by atoms with Gasteiger partial charge >= 0.3 is 0 Å². The molecule has 1 fully saturated rings. The van der Waals surface area contributed by atoms with E-state index in [0.29, 0.717) is 5.92 Å². The van der Waals surface area contributed by atoms with Crippen molar-refractivity contribution in [2.75, 3.05) is 19.6 Å². The van der Waals surface area contributed by atoms with Gasteiger partial charge in [0.15, 0.2) is 0 Å². The number of carbonyl (C=O) groups is 1. The summed E-state index contributed by atoms with van der Waals surface area (Å²) in [6.45, 7) is 3.82. The maximum Gasteiger partial charge on any atom is 0.261 e. The van der Waals surface area contributed by atoms with Crippen molar-refractivity contribution in [3.05, 3.63) is 70.7 Å². The number of rotatable bonds is 6. The van der Waals surface area contributed by atoms with Crippen molar-refractivity contribution in [3.63, 3.8) is 0 Å². The molecular formula is C21H24N4OS. The number of thiophene rings is 1. The quantitative estimate of drug-likeness (QED) is 0.711. The summed E-state index contributed by atoms with van der Waals surface area (Å²) in [5, 5.41) is 9.35. The van der Waals surface area contributed by atoms with Gasteiger partial charge in [-0.1, -0.05) is 18.2 Å². The molecule has 0 unspecified atom stereocenters. The number of benzene rings is 1. The molecule has 1 saturated heterocycles. The summed E-state index contributed by atoms with van der Waals surface area (Å²) in [6, 6.07) is 14.3. The molecular weight excluding hydrogens is 356 g/mol. The predicted octanol–water partition coefficient (Wildman–Crippen LogP) is 3.58. The van der Waals surface area contributed by atoms with Gasteiger partial charge in [0, 0.05) is 32.0 Å². The van der Waals surface area contributed by atoms with Crippen LogP contribution in [0.3, 0.4) is 0 Å². The van der Waals surface area contributed by atoms with Gasteiger partial charge in [-0.25, -0.2) is 4.68 Å². The third-order valence-electron chi connectivity index (χ3n) is 4.99. The Kier molecular flexibility index (Phi) is 5.65. The average Bonchev–Trinajstić information content (AvgIpc) is 3.40. The van der Waals surface area contributed by atoms with Gasteiger partial charge in [0.2, 0.25) is 0 Å². The Labute approximate surface area is 163 Å². The zero-order valence-corrected chi connectivity index (χ0v) is 16.1. The van der Waals surface area contributed by atoms with Gasteiger partial charge in [-0.15, -0.1) is 11.3 Å². The van der Waals surface area contributed by atoms with E-state index in [0.717, 1.165) is 36.7 Å². The van der Waals surface area contributed by atoms with Crippen LogP contribution in [-0.2, 0) is 6.54 Å². The minimum atomic E-state index is 0.0500. The van der Waals surface area contributed by atoms with E-state index in [2.05, 4.69) is 39.6 Å². The summed E-state index contributed by atoms with van der Waals surface area (Å²) in [4.78, 5) is 15.4. The van der Waals surface area contributed by atoms with E-state index in [1.807, 2.05) is 34.5 Å². The number of amides is 1. The molecule has 0 spiro atoms. The van der Waals surface area contributed by atoms with E-state index in [9.17, 15) is 4.79 Å². The van der Waals surface area contributed by atoms with Crippen molar-refractivity contribution < 1.29 is 4.79 Å². The van der Waals surface area contributed by atoms with Gasteiger partial charge in [0.25, 0.3) is 5.91 Å². The molecule has 6 heteroatoms. The van der Waals surface area contributed by atoms with Crippen molar-refractivity contribution in [1.29, 1.82) is 0 Å². The van der Waals surface area contributed by atoms with Crippen LogP contribution >= 0.6 is 11.3 Å². The van der Waals surface area contributed by atoms with E-state index in [1.165, 1.54) is 29.7 Å². The largest absolute Gasteiger partial charge is 0.351 e. The summed E-state index contributed by atoms with van der Waals surface area (Å²) >= 11 is 1.49. The van der Waals surface area contributed by atoms with E-state index in [-0.39, 0.29) is 5.91 Å². The number of carbonyl (C=O) groups excluding carboxylic acids is 1. The SMILES string of the molecule is O=C(NC[C@@H]1CCCN(Cc2cccc(-n3cccn3)c2)C1)c1cccs1. The van der Waals surface area contributed by atoms with Gasteiger partial charge in [-0.2, -0.15) is 5.10 Å². The Balaban J connectivity index is 1.32. The molecule has 1 N–H and O–H groups in total. The highest BCUT2D eigenvalue weighted by molar-refractivity contribution is 7.12. The van der Waals surface area contributed by atoms with Crippen LogP contribution in [0.25, 0.3) is 5.69 Å². The average molecular weight is 381 g/mol. The summed E-state index contributed by atoms with van der Waals surface area (Å²) in [5.74, 6) is 0.561. The van der Waals surface area contributed by atoms with Crippen molar-refractivity contribution in [1.82, 2.24) is 20.0 Å².